The predicted octanol–water partition coefficient (Wildman–Crippen LogP) is 7.48. The van der Waals surface area contributed by atoms with E-state index < -0.39 is 60.3 Å². The number of fused-ring (bicyclic) bond motifs is 6. The molecule has 2 saturated carbocycles. The van der Waals surface area contributed by atoms with E-state index in [4.69, 9.17) is 38.1 Å². The third kappa shape index (κ3) is 11.5. The van der Waals surface area contributed by atoms with Crippen molar-refractivity contribution in [3.8, 4) is 22.5 Å². The van der Waals surface area contributed by atoms with Gasteiger partial charge in [-0.3, -0.25) is 29.3 Å². The maximum absolute atomic E-state index is 14.9. The van der Waals surface area contributed by atoms with E-state index in [0.29, 0.717) is 63.1 Å². The molecule has 414 valence electrons. The molecule has 0 radical (unpaired) electrons. The Labute approximate surface area is 451 Å². The van der Waals surface area contributed by atoms with Crippen molar-refractivity contribution < 1.29 is 51.3 Å². The van der Waals surface area contributed by atoms with Crippen LogP contribution in [0.2, 0.25) is 0 Å². The number of anilines is 1. The molecule has 77 heavy (non-hydrogen) atoms. The van der Waals surface area contributed by atoms with Crippen molar-refractivity contribution in [2.75, 3.05) is 77.8 Å². The van der Waals surface area contributed by atoms with Gasteiger partial charge in [0.25, 0.3) is 12.3 Å². The standard InChI is InChI=1S/C56H71F2N9O9S/c1-32-46(42-27-73-31-60-42)47(32)52(68)62-49-51(75-28-45(57)58)53-61-43(29-77-53)34-8-11-44-38(23-34)40(25-56(3,4)30-76-55(70)41-7-6-14-67(63-41)54(49)69)50(66(44)19-22-74-37-12-20-72-21-13-37)39-24-36(26-59-48(39)33(2)71-5)65-17-15-64(16-18-65)35-9-10-35/h8,11,23-24,26-27,29,31-33,35,37,41,45-47,49,51,63H,6-7,9-10,12-22,25,28,30H2,1-5H3,(H,62,68)/t32-,33-,41?,46-,47+,49-,51-/m0/s1. The first kappa shape index (κ1) is 53.6. The van der Waals surface area contributed by atoms with Crippen LogP contribution in [0.15, 0.2) is 52.9 Å². The minimum atomic E-state index is -2.90. The van der Waals surface area contributed by atoms with Crippen LogP contribution in [0.4, 0.5) is 14.5 Å². The lowest BCUT2D eigenvalue weighted by Gasteiger charge is -2.37. The molecular weight excluding hydrogens is 1010 g/mol. The first-order chi connectivity index (χ1) is 37.2. The molecule has 2 aliphatic carbocycles. The van der Waals surface area contributed by atoms with Crippen LogP contribution < -0.4 is 15.6 Å². The zero-order valence-corrected chi connectivity index (χ0v) is 45.4. The summed E-state index contributed by atoms with van der Waals surface area (Å²) in [6.07, 6.45) is 5.57. The number of esters is 1. The van der Waals surface area contributed by atoms with Crippen LogP contribution >= 0.6 is 11.3 Å². The minimum Gasteiger partial charge on any atom is -0.464 e. The van der Waals surface area contributed by atoms with Crippen molar-refractivity contribution >= 4 is 45.7 Å². The van der Waals surface area contributed by atoms with E-state index in [2.05, 4.69) is 62.1 Å². The number of hydrogen-bond acceptors (Lipinski definition) is 16. The highest BCUT2D eigenvalue weighted by Gasteiger charge is 2.55. The Morgan fingerprint density at radius 1 is 1.03 bits per heavy atom. The summed E-state index contributed by atoms with van der Waals surface area (Å²) in [6, 6.07) is 6.72. The van der Waals surface area contributed by atoms with Crippen molar-refractivity contribution in [3.05, 3.63) is 70.5 Å². The molecule has 3 saturated heterocycles. The molecule has 1 unspecified atom stereocenters. The van der Waals surface area contributed by atoms with E-state index >= 15 is 0 Å². The first-order valence-electron chi connectivity index (χ1n) is 27.4. The summed E-state index contributed by atoms with van der Waals surface area (Å²) in [7, 11) is 1.70. The largest absolute Gasteiger partial charge is 0.464 e. The van der Waals surface area contributed by atoms with Crippen LogP contribution in [0.1, 0.15) is 106 Å². The SMILES string of the molecule is CO[C@@H](C)c1ncc(N2CCN(C3CC3)CC2)cc1-c1c2c3cc(ccc3n1CCOC1CCOCC1)-c1csc(n1)[C@@H](OCC(F)F)[C@H](NC(=O)[C@@H]1[C@@H](C)[C@H]1c1cocn1)C(=O)N1CCCC(N1)C(=O)OCC(C)(C)C2. The molecule has 4 aliphatic heterocycles. The molecule has 11 rings (SSSR count). The van der Waals surface area contributed by atoms with Gasteiger partial charge in [0.1, 0.15) is 36.1 Å². The van der Waals surface area contributed by atoms with Crippen molar-refractivity contribution in [3.63, 3.8) is 0 Å². The molecule has 4 aromatic heterocycles. The van der Waals surface area contributed by atoms with E-state index in [1.54, 1.807) is 7.11 Å². The molecule has 6 aliphatic rings. The van der Waals surface area contributed by atoms with Gasteiger partial charge in [-0.2, -0.15) is 0 Å². The highest BCUT2D eigenvalue weighted by Crippen LogP contribution is 2.53. The zero-order chi connectivity index (χ0) is 53.5. The van der Waals surface area contributed by atoms with E-state index in [1.807, 2.05) is 31.5 Å². The van der Waals surface area contributed by atoms with Gasteiger partial charge in [0.05, 0.1) is 60.1 Å². The molecule has 5 fully saturated rings. The molecule has 1 aromatic carbocycles. The number of methoxy groups -OCH3 is 1. The number of nitrogens with zero attached hydrogens (tertiary/aromatic N) is 7. The third-order valence-corrected chi connectivity index (χ3v) is 17.4. The average Bonchev–Trinajstić information content (AvgIpc) is 4.39. The summed E-state index contributed by atoms with van der Waals surface area (Å²) in [6.45, 7) is 13.3. The molecule has 5 aromatic rings. The van der Waals surface area contributed by atoms with Crippen LogP contribution in [0, 0.1) is 17.3 Å². The van der Waals surface area contributed by atoms with Crippen molar-refractivity contribution in [1.82, 2.24) is 40.2 Å². The van der Waals surface area contributed by atoms with Gasteiger partial charge in [0.2, 0.25) is 5.91 Å². The number of piperazine rings is 1. The summed E-state index contributed by atoms with van der Waals surface area (Å²) >= 11 is 1.16. The number of hydrogen-bond donors (Lipinski definition) is 2. The zero-order valence-electron chi connectivity index (χ0n) is 44.6. The number of nitrogens with one attached hydrogen (secondary N) is 2. The van der Waals surface area contributed by atoms with Gasteiger partial charge in [-0.15, -0.1) is 11.3 Å². The summed E-state index contributed by atoms with van der Waals surface area (Å²) in [5, 5.41) is 7.18. The van der Waals surface area contributed by atoms with Gasteiger partial charge in [-0.1, -0.05) is 26.8 Å². The normalized spacial score (nSPS) is 26.0. The molecule has 0 spiro atoms. The second-order valence-electron chi connectivity index (χ2n) is 22.4. The van der Waals surface area contributed by atoms with Gasteiger partial charge in [-0.05, 0) is 81.5 Å². The molecule has 18 nitrogen and oxygen atoms in total. The number of thiazole rings is 1. The highest BCUT2D eigenvalue weighted by atomic mass is 32.1. The number of ether oxygens (including phenoxy) is 5. The number of rotatable bonds is 15. The summed E-state index contributed by atoms with van der Waals surface area (Å²) in [4.78, 5) is 63.1. The van der Waals surface area contributed by atoms with Crippen LogP contribution in [0.25, 0.3) is 33.4 Å². The number of amides is 2. The Balaban J connectivity index is 1.04. The number of cyclic esters (lactones) is 1. The molecule has 2 N–H and O–H groups in total. The van der Waals surface area contributed by atoms with Crippen molar-refractivity contribution in [2.24, 2.45) is 17.3 Å². The number of hydrazine groups is 1. The number of halogens is 2. The van der Waals surface area contributed by atoms with Crippen molar-refractivity contribution in [2.45, 2.75) is 128 Å². The number of pyridine rings is 1. The highest BCUT2D eigenvalue weighted by molar-refractivity contribution is 7.10. The lowest BCUT2D eigenvalue weighted by atomic mass is 9.84. The van der Waals surface area contributed by atoms with Crippen molar-refractivity contribution in [1.29, 1.82) is 0 Å². The number of oxazole rings is 1. The quantitative estimate of drug-likeness (QED) is 0.0982. The van der Waals surface area contributed by atoms with E-state index in [1.165, 1.54) is 30.5 Å². The fraction of sp³-hybridized carbons (Fsp3) is 0.607. The van der Waals surface area contributed by atoms with Crippen LogP contribution in [0.5, 0.6) is 0 Å². The minimum absolute atomic E-state index is 0.0471. The number of carbonyl (C=O) groups excluding carboxylic acids is 3. The lowest BCUT2D eigenvalue weighted by Crippen LogP contribution is -2.61. The topological polar surface area (TPSA) is 188 Å². The molecule has 8 heterocycles. The fourth-order valence-corrected chi connectivity index (χ4v) is 12.9. The molecule has 6 bridgehead atoms. The van der Waals surface area contributed by atoms with Gasteiger partial charge < -0.3 is 42.9 Å². The fourth-order valence-electron chi connectivity index (χ4n) is 11.9. The maximum atomic E-state index is 14.9. The Morgan fingerprint density at radius 2 is 1.83 bits per heavy atom. The van der Waals surface area contributed by atoms with Gasteiger partial charge in [0.15, 0.2) is 6.39 Å². The Bertz CT molecular complexity index is 2900. The number of aromatic nitrogens is 4. The van der Waals surface area contributed by atoms with Crippen LogP contribution in [-0.4, -0.2) is 151 Å². The Morgan fingerprint density at radius 3 is 2.57 bits per heavy atom. The second kappa shape index (κ2) is 22.7. The number of alkyl halides is 2. The molecule has 7 atom stereocenters. The van der Waals surface area contributed by atoms with E-state index in [0.717, 1.165) is 95.0 Å². The van der Waals surface area contributed by atoms with Gasteiger partial charge >= 0.3 is 5.97 Å². The lowest BCUT2D eigenvalue weighted by molar-refractivity contribution is -0.157. The summed E-state index contributed by atoms with van der Waals surface area (Å²) < 4.78 is 66.7. The number of carbonyl (C=O) groups is 3. The Kier molecular flexibility index (Phi) is 15.8. The number of benzene rings is 1. The molecule has 2 amide bonds. The first-order valence-corrected chi connectivity index (χ1v) is 28.3. The smallest absolute Gasteiger partial charge is 0.324 e. The summed E-state index contributed by atoms with van der Waals surface area (Å²) in [5.41, 5.74) is 10.0. The van der Waals surface area contributed by atoms with Gasteiger partial charge in [-0.25, -0.2) is 24.2 Å². The third-order valence-electron chi connectivity index (χ3n) is 16.4. The predicted molar refractivity (Wildman–Crippen MR) is 283 cm³/mol. The average molecular weight is 1080 g/mol. The van der Waals surface area contributed by atoms with E-state index in [9.17, 15) is 23.2 Å². The monoisotopic (exact) mass is 1080 g/mol. The van der Waals surface area contributed by atoms with Gasteiger partial charge in [0, 0.05) is 110 Å². The second-order valence-corrected chi connectivity index (χ2v) is 23.3. The maximum Gasteiger partial charge on any atom is 0.324 e. The van der Waals surface area contributed by atoms with Crippen LogP contribution in [-0.2, 0) is 51.0 Å². The molecule has 21 heteroatoms. The van der Waals surface area contributed by atoms with E-state index in [-0.39, 0.29) is 42.2 Å². The summed E-state index contributed by atoms with van der Waals surface area (Å²) in [5.74, 6) is -2.67. The van der Waals surface area contributed by atoms with Crippen LogP contribution in [0.3, 0.4) is 0 Å². The molecular formula is C56H71F2N9O9S. The Hall–Kier alpha value is -5.42.